The first kappa shape index (κ1) is 22.9. The van der Waals surface area contributed by atoms with Crippen molar-refractivity contribution in [2.75, 3.05) is 42.1 Å². The first-order valence-electron chi connectivity index (χ1n) is 13.3. The molecule has 9 nitrogen and oxygen atoms in total. The zero-order chi connectivity index (χ0) is 25.1. The molecule has 3 N–H and O–H groups in total. The second-order valence-corrected chi connectivity index (χ2v) is 11.8. The van der Waals surface area contributed by atoms with Crippen LogP contribution in [-0.4, -0.2) is 62.1 Å². The van der Waals surface area contributed by atoms with Crippen molar-refractivity contribution < 1.29 is 0 Å². The molecule has 1 aliphatic heterocycles. The Kier molecular flexibility index (Phi) is 5.54. The summed E-state index contributed by atoms with van der Waals surface area (Å²) in [6.07, 6.45) is 7.62. The van der Waals surface area contributed by atoms with Crippen LogP contribution in [0, 0.1) is 25.7 Å². The number of nitrogens with one attached hydrogen (secondary N) is 1. The lowest BCUT2D eigenvalue weighted by Gasteiger charge is -2.42. The van der Waals surface area contributed by atoms with E-state index in [1.165, 1.54) is 50.0 Å². The molecule has 0 amide bonds. The lowest BCUT2D eigenvalue weighted by molar-refractivity contribution is 0.135. The third kappa shape index (κ3) is 4.02. The quantitative estimate of drug-likeness (QED) is 0.400. The first-order chi connectivity index (χ1) is 18.0. The van der Waals surface area contributed by atoms with E-state index in [1.54, 1.807) is 22.2 Å². The second kappa shape index (κ2) is 8.95. The Bertz CT molecular complexity index is 1450. The van der Waals surface area contributed by atoms with E-state index in [0.29, 0.717) is 11.9 Å². The van der Waals surface area contributed by atoms with Crippen molar-refractivity contribution in [1.29, 1.82) is 0 Å². The fourth-order valence-corrected chi connectivity index (χ4v) is 7.76. The summed E-state index contributed by atoms with van der Waals surface area (Å²) in [5.74, 6) is 2.75. The Balaban J connectivity index is 1.04. The minimum absolute atomic E-state index is 0.312. The van der Waals surface area contributed by atoms with E-state index in [0.717, 1.165) is 58.1 Å². The average molecular weight is 516 g/mol. The van der Waals surface area contributed by atoms with Crippen LogP contribution in [0.1, 0.15) is 36.8 Å². The molecular formula is C27H33N9S. The maximum atomic E-state index is 6.24. The van der Waals surface area contributed by atoms with E-state index < -0.39 is 0 Å². The van der Waals surface area contributed by atoms with E-state index in [-0.39, 0.29) is 0 Å². The summed E-state index contributed by atoms with van der Waals surface area (Å²) in [5, 5.41) is 18.4. The molecule has 192 valence electrons. The minimum atomic E-state index is 0.312. The molecule has 2 aliphatic carbocycles. The Morgan fingerprint density at radius 3 is 2.65 bits per heavy atom. The van der Waals surface area contributed by atoms with Crippen LogP contribution >= 0.6 is 11.3 Å². The zero-order valence-corrected chi connectivity index (χ0v) is 22.2. The molecule has 1 saturated heterocycles. The standard InChI is InChI=1S/C27H33N9S/c1-16-11-20(5-6-21(16)34-7-9-35(10-8-34)22-13-18-3-4-19(22)12-18)30-27-31-26(28)36(33-27)23-15-37-25-17(2)14-29-32-24(23)25/h5-6,11,14-15,18-19,22H,3-4,7-10,12-13H2,1-2H3,(H3,28,30,31,33). The normalized spacial score (nSPS) is 23.8. The van der Waals surface area contributed by atoms with Crippen LogP contribution < -0.4 is 16.0 Å². The molecule has 0 radical (unpaired) electrons. The van der Waals surface area contributed by atoms with Gasteiger partial charge in [-0.05, 0) is 74.3 Å². The monoisotopic (exact) mass is 515 g/mol. The summed E-state index contributed by atoms with van der Waals surface area (Å²) in [6.45, 7) is 8.76. The van der Waals surface area contributed by atoms with Gasteiger partial charge in [-0.2, -0.15) is 14.8 Å². The van der Waals surface area contributed by atoms with E-state index in [2.05, 4.69) is 60.5 Å². The number of benzene rings is 1. The number of thiophene rings is 1. The van der Waals surface area contributed by atoms with Crippen LogP contribution in [-0.2, 0) is 0 Å². The molecule has 1 aromatic carbocycles. The Morgan fingerprint density at radius 1 is 1.03 bits per heavy atom. The van der Waals surface area contributed by atoms with Crippen molar-refractivity contribution in [3.05, 3.63) is 40.9 Å². The fraction of sp³-hybridized carbons (Fsp3) is 0.481. The third-order valence-corrected chi connectivity index (χ3v) is 9.74. The Labute approximate surface area is 220 Å². The van der Waals surface area contributed by atoms with Crippen LogP contribution in [0.25, 0.3) is 15.9 Å². The molecule has 2 bridgehead atoms. The summed E-state index contributed by atoms with van der Waals surface area (Å²) >= 11 is 1.61. The lowest BCUT2D eigenvalue weighted by Crippen LogP contribution is -2.51. The molecule has 2 saturated carbocycles. The van der Waals surface area contributed by atoms with Crippen LogP contribution in [0.3, 0.4) is 0 Å². The van der Waals surface area contributed by atoms with Crippen molar-refractivity contribution in [2.45, 2.75) is 45.6 Å². The molecule has 3 aliphatic rings. The summed E-state index contributed by atoms with van der Waals surface area (Å²) in [5.41, 5.74) is 12.4. The number of nitrogen functional groups attached to an aromatic ring is 1. The predicted molar refractivity (Wildman–Crippen MR) is 149 cm³/mol. The number of anilines is 4. The van der Waals surface area contributed by atoms with Gasteiger partial charge in [0, 0.05) is 49.0 Å². The molecule has 7 rings (SSSR count). The maximum absolute atomic E-state index is 6.24. The summed E-state index contributed by atoms with van der Waals surface area (Å²) in [4.78, 5) is 9.77. The highest BCUT2D eigenvalue weighted by Crippen LogP contribution is 2.46. The van der Waals surface area contributed by atoms with E-state index >= 15 is 0 Å². The molecule has 0 spiro atoms. The van der Waals surface area contributed by atoms with Gasteiger partial charge < -0.3 is 16.0 Å². The van der Waals surface area contributed by atoms with Crippen molar-refractivity contribution >= 4 is 44.8 Å². The van der Waals surface area contributed by atoms with Gasteiger partial charge >= 0.3 is 0 Å². The van der Waals surface area contributed by atoms with Gasteiger partial charge in [0.15, 0.2) is 0 Å². The number of aromatic nitrogens is 5. The fourth-order valence-electron chi connectivity index (χ4n) is 6.83. The van der Waals surface area contributed by atoms with Crippen molar-refractivity contribution in [1.82, 2.24) is 29.9 Å². The molecule has 4 heterocycles. The molecular weight excluding hydrogens is 482 g/mol. The lowest BCUT2D eigenvalue weighted by atomic mass is 9.93. The van der Waals surface area contributed by atoms with Crippen LogP contribution in [0.4, 0.5) is 23.3 Å². The van der Waals surface area contributed by atoms with Crippen LogP contribution in [0.2, 0.25) is 0 Å². The molecule has 3 unspecified atom stereocenters. The highest BCUT2D eigenvalue weighted by Gasteiger charge is 2.42. The topological polar surface area (TPSA) is 101 Å². The second-order valence-electron chi connectivity index (χ2n) is 10.9. The van der Waals surface area contributed by atoms with Crippen LogP contribution in [0.15, 0.2) is 29.8 Å². The highest BCUT2D eigenvalue weighted by atomic mass is 32.1. The van der Waals surface area contributed by atoms with Crippen molar-refractivity contribution in [3.63, 3.8) is 0 Å². The summed E-state index contributed by atoms with van der Waals surface area (Å²) in [7, 11) is 0. The van der Waals surface area contributed by atoms with Gasteiger partial charge in [-0.15, -0.1) is 21.5 Å². The highest BCUT2D eigenvalue weighted by molar-refractivity contribution is 7.17. The largest absolute Gasteiger partial charge is 0.369 e. The molecule has 4 aromatic rings. The Hall–Kier alpha value is -3.24. The number of fused-ring (bicyclic) bond motifs is 3. The Morgan fingerprint density at radius 2 is 1.89 bits per heavy atom. The van der Waals surface area contributed by atoms with E-state index in [9.17, 15) is 0 Å². The van der Waals surface area contributed by atoms with Gasteiger partial charge in [0.05, 0.1) is 10.9 Å². The van der Waals surface area contributed by atoms with Gasteiger partial charge in [0.25, 0.3) is 0 Å². The average Bonchev–Trinajstić information content (AvgIpc) is 3.69. The molecule has 37 heavy (non-hydrogen) atoms. The number of nitrogens with two attached hydrogens (primary N) is 1. The third-order valence-electron chi connectivity index (χ3n) is 8.65. The first-order valence-corrected chi connectivity index (χ1v) is 14.2. The van der Waals surface area contributed by atoms with Gasteiger partial charge in [-0.1, -0.05) is 6.42 Å². The number of piperazine rings is 1. The molecule has 3 fully saturated rings. The predicted octanol–water partition coefficient (Wildman–Crippen LogP) is 4.53. The van der Waals surface area contributed by atoms with Crippen molar-refractivity contribution in [3.8, 4) is 5.69 Å². The van der Waals surface area contributed by atoms with Gasteiger partial charge in [0.2, 0.25) is 11.9 Å². The van der Waals surface area contributed by atoms with Crippen LogP contribution in [0.5, 0.6) is 0 Å². The number of hydrogen-bond acceptors (Lipinski definition) is 9. The molecule has 3 aromatic heterocycles. The van der Waals surface area contributed by atoms with Crippen molar-refractivity contribution in [2.24, 2.45) is 11.8 Å². The number of hydrogen-bond donors (Lipinski definition) is 2. The minimum Gasteiger partial charge on any atom is -0.369 e. The number of aryl methyl sites for hydroxylation is 2. The van der Waals surface area contributed by atoms with Gasteiger partial charge in [0.1, 0.15) is 11.2 Å². The van der Waals surface area contributed by atoms with E-state index in [1.807, 2.05) is 12.3 Å². The summed E-state index contributed by atoms with van der Waals surface area (Å²) in [6, 6.07) is 7.34. The molecule has 3 atom stereocenters. The van der Waals surface area contributed by atoms with Gasteiger partial charge in [-0.3, -0.25) is 4.90 Å². The SMILES string of the molecule is Cc1cc(Nc2nc(N)n(-c3csc4c(C)cnnc34)n2)ccc1N1CCN(C2CC3CCC2C3)CC1. The maximum Gasteiger partial charge on any atom is 0.248 e. The van der Waals surface area contributed by atoms with E-state index in [4.69, 9.17) is 5.73 Å². The zero-order valence-electron chi connectivity index (χ0n) is 21.4. The molecule has 10 heteroatoms. The number of rotatable bonds is 5. The number of nitrogens with zero attached hydrogens (tertiary/aromatic N) is 7. The smallest absolute Gasteiger partial charge is 0.248 e. The van der Waals surface area contributed by atoms with Gasteiger partial charge in [-0.25, -0.2) is 0 Å². The summed E-state index contributed by atoms with van der Waals surface area (Å²) < 4.78 is 2.71.